The van der Waals surface area contributed by atoms with Crippen LogP contribution >= 0.6 is 0 Å². The van der Waals surface area contributed by atoms with Crippen molar-refractivity contribution < 1.29 is 14.3 Å². The maximum atomic E-state index is 11.9. The summed E-state index contributed by atoms with van der Waals surface area (Å²) < 4.78 is 5.14. The van der Waals surface area contributed by atoms with Crippen molar-refractivity contribution in [1.29, 1.82) is 0 Å². The molecule has 3 rings (SSSR count). The van der Waals surface area contributed by atoms with Gasteiger partial charge in [-0.05, 0) is 30.7 Å². The standard InChI is InChI=1S/C14H17N3O3/c1-2-16-12-4-3-10(5-9(12)6-13(16)18)17-8-11(7-15)20-14(17)19/h3-5,11H,2,6-8,15H2,1H3. The molecule has 2 amide bonds. The molecule has 2 aliphatic heterocycles. The van der Waals surface area contributed by atoms with Crippen molar-refractivity contribution in [3.8, 4) is 0 Å². The van der Waals surface area contributed by atoms with E-state index in [4.69, 9.17) is 10.5 Å². The molecule has 6 nitrogen and oxygen atoms in total. The van der Waals surface area contributed by atoms with Crippen LogP contribution in [0.5, 0.6) is 0 Å². The number of carbonyl (C=O) groups is 2. The second-order valence-corrected chi connectivity index (χ2v) is 4.98. The molecule has 0 bridgehead atoms. The van der Waals surface area contributed by atoms with E-state index in [1.54, 1.807) is 9.80 Å². The van der Waals surface area contributed by atoms with Crippen molar-refractivity contribution in [1.82, 2.24) is 0 Å². The second kappa shape index (κ2) is 4.79. The number of carbonyl (C=O) groups excluding carboxylic acids is 2. The van der Waals surface area contributed by atoms with Crippen LogP contribution in [0.2, 0.25) is 0 Å². The quantitative estimate of drug-likeness (QED) is 0.888. The first kappa shape index (κ1) is 12.9. The lowest BCUT2D eigenvalue weighted by Gasteiger charge is -2.17. The summed E-state index contributed by atoms with van der Waals surface area (Å²) in [5.74, 6) is 0.100. The molecule has 1 aromatic rings. The normalized spacial score (nSPS) is 21.4. The number of fused-ring (bicyclic) bond motifs is 1. The van der Waals surface area contributed by atoms with Crippen LogP contribution in [0.3, 0.4) is 0 Å². The fourth-order valence-corrected chi connectivity index (χ4v) is 2.74. The predicted octanol–water partition coefficient (Wildman–Crippen LogP) is 0.880. The van der Waals surface area contributed by atoms with Gasteiger partial charge in [0.2, 0.25) is 5.91 Å². The fraction of sp³-hybridized carbons (Fsp3) is 0.429. The minimum absolute atomic E-state index is 0.100. The molecule has 2 aliphatic rings. The predicted molar refractivity (Wildman–Crippen MR) is 74.8 cm³/mol. The molecular formula is C14H17N3O3. The summed E-state index contributed by atoms with van der Waals surface area (Å²) >= 11 is 0. The van der Waals surface area contributed by atoms with Crippen molar-refractivity contribution in [3.05, 3.63) is 23.8 Å². The fourth-order valence-electron chi connectivity index (χ4n) is 2.74. The summed E-state index contributed by atoms with van der Waals surface area (Å²) in [7, 11) is 0. The molecule has 1 aromatic carbocycles. The topological polar surface area (TPSA) is 75.9 Å². The van der Waals surface area contributed by atoms with E-state index in [1.807, 2.05) is 25.1 Å². The summed E-state index contributed by atoms with van der Waals surface area (Å²) in [4.78, 5) is 27.0. The Morgan fingerprint density at radius 1 is 1.40 bits per heavy atom. The first-order valence-corrected chi connectivity index (χ1v) is 6.75. The molecule has 1 unspecified atom stereocenters. The van der Waals surface area contributed by atoms with Crippen molar-refractivity contribution in [2.45, 2.75) is 19.4 Å². The smallest absolute Gasteiger partial charge is 0.414 e. The zero-order chi connectivity index (χ0) is 14.3. The number of rotatable bonds is 3. The van der Waals surface area contributed by atoms with Crippen LogP contribution in [0.1, 0.15) is 12.5 Å². The van der Waals surface area contributed by atoms with Crippen molar-refractivity contribution in [2.75, 3.05) is 29.4 Å². The molecule has 2 heterocycles. The average Bonchev–Trinajstić information content (AvgIpc) is 2.96. The van der Waals surface area contributed by atoms with Gasteiger partial charge in [0, 0.05) is 24.5 Å². The van der Waals surface area contributed by atoms with Crippen molar-refractivity contribution in [3.63, 3.8) is 0 Å². The van der Waals surface area contributed by atoms with Crippen LogP contribution in [-0.4, -0.2) is 37.7 Å². The van der Waals surface area contributed by atoms with Crippen LogP contribution in [0.4, 0.5) is 16.2 Å². The van der Waals surface area contributed by atoms with Gasteiger partial charge in [-0.3, -0.25) is 9.69 Å². The molecule has 1 saturated heterocycles. The molecule has 0 aliphatic carbocycles. The molecule has 1 atom stereocenters. The Morgan fingerprint density at radius 3 is 2.85 bits per heavy atom. The van der Waals surface area contributed by atoms with Gasteiger partial charge < -0.3 is 15.4 Å². The van der Waals surface area contributed by atoms with Gasteiger partial charge in [-0.25, -0.2) is 4.79 Å². The SMILES string of the molecule is CCN1C(=O)Cc2cc(N3CC(CN)OC3=O)ccc21. The molecular weight excluding hydrogens is 258 g/mol. The van der Waals surface area contributed by atoms with Gasteiger partial charge in [0.1, 0.15) is 6.10 Å². The summed E-state index contributed by atoms with van der Waals surface area (Å²) in [6.45, 7) is 3.38. The zero-order valence-corrected chi connectivity index (χ0v) is 11.3. The lowest BCUT2D eigenvalue weighted by atomic mass is 10.1. The second-order valence-electron chi connectivity index (χ2n) is 4.98. The van der Waals surface area contributed by atoms with Gasteiger partial charge in [0.15, 0.2) is 0 Å². The third-order valence-electron chi connectivity index (χ3n) is 3.76. The number of likely N-dealkylation sites (N-methyl/N-ethyl adjacent to an activating group) is 1. The summed E-state index contributed by atoms with van der Waals surface area (Å²) in [6.07, 6.45) is -0.248. The van der Waals surface area contributed by atoms with Gasteiger partial charge in [-0.2, -0.15) is 0 Å². The lowest BCUT2D eigenvalue weighted by Crippen LogP contribution is -2.27. The molecule has 20 heavy (non-hydrogen) atoms. The Labute approximate surface area is 117 Å². The van der Waals surface area contributed by atoms with E-state index in [0.29, 0.717) is 26.1 Å². The largest absolute Gasteiger partial charge is 0.443 e. The third-order valence-corrected chi connectivity index (χ3v) is 3.76. The monoisotopic (exact) mass is 275 g/mol. The van der Waals surface area contributed by atoms with E-state index < -0.39 is 0 Å². The molecule has 0 radical (unpaired) electrons. The van der Waals surface area contributed by atoms with Crippen LogP contribution in [0, 0.1) is 0 Å². The molecule has 0 saturated carbocycles. The molecule has 106 valence electrons. The van der Waals surface area contributed by atoms with Gasteiger partial charge >= 0.3 is 6.09 Å². The Hall–Kier alpha value is -2.08. The van der Waals surface area contributed by atoms with E-state index in [9.17, 15) is 9.59 Å². The van der Waals surface area contributed by atoms with E-state index in [0.717, 1.165) is 16.9 Å². The number of cyclic esters (lactones) is 1. The zero-order valence-electron chi connectivity index (χ0n) is 11.3. The van der Waals surface area contributed by atoms with Gasteiger partial charge in [-0.1, -0.05) is 0 Å². The maximum Gasteiger partial charge on any atom is 0.414 e. The minimum Gasteiger partial charge on any atom is -0.443 e. The third kappa shape index (κ3) is 1.92. The Kier molecular flexibility index (Phi) is 3.10. The molecule has 0 aromatic heterocycles. The molecule has 2 N–H and O–H groups in total. The summed E-state index contributed by atoms with van der Waals surface area (Å²) in [5, 5.41) is 0. The number of anilines is 2. The highest BCUT2D eigenvalue weighted by Crippen LogP contribution is 2.33. The highest BCUT2D eigenvalue weighted by Gasteiger charge is 2.33. The number of hydrogen-bond acceptors (Lipinski definition) is 4. The molecule has 1 fully saturated rings. The molecule has 6 heteroatoms. The van der Waals surface area contributed by atoms with Crippen LogP contribution < -0.4 is 15.5 Å². The number of hydrogen-bond donors (Lipinski definition) is 1. The van der Waals surface area contributed by atoms with Crippen LogP contribution in [-0.2, 0) is 16.0 Å². The summed E-state index contributed by atoms with van der Waals surface area (Å²) in [6, 6.07) is 5.63. The minimum atomic E-state index is -0.378. The van der Waals surface area contributed by atoms with Crippen LogP contribution in [0.25, 0.3) is 0 Å². The lowest BCUT2D eigenvalue weighted by molar-refractivity contribution is -0.117. The number of amides is 2. The van der Waals surface area contributed by atoms with E-state index in [-0.39, 0.29) is 18.1 Å². The van der Waals surface area contributed by atoms with E-state index in [2.05, 4.69) is 0 Å². The van der Waals surface area contributed by atoms with Crippen molar-refractivity contribution >= 4 is 23.4 Å². The first-order chi connectivity index (χ1) is 9.63. The highest BCUT2D eigenvalue weighted by atomic mass is 16.6. The number of benzene rings is 1. The number of ether oxygens (including phenoxy) is 1. The van der Waals surface area contributed by atoms with Gasteiger partial charge in [0.25, 0.3) is 0 Å². The number of nitrogens with two attached hydrogens (primary N) is 1. The Bertz CT molecular complexity index is 573. The van der Waals surface area contributed by atoms with Crippen molar-refractivity contribution in [2.24, 2.45) is 5.73 Å². The van der Waals surface area contributed by atoms with Gasteiger partial charge in [-0.15, -0.1) is 0 Å². The molecule has 0 spiro atoms. The Morgan fingerprint density at radius 2 is 2.20 bits per heavy atom. The summed E-state index contributed by atoms with van der Waals surface area (Å²) in [5.41, 5.74) is 8.18. The maximum absolute atomic E-state index is 11.9. The number of nitrogens with zero attached hydrogens (tertiary/aromatic N) is 2. The van der Waals surface area contributed by atoms with Crippen LogP contribution in [0.15, 0.2) is 18.2 Å². The Balaban J connectivity index is 1.89. The highest BCUT2D eigenvalue weighted by molar-refractivity contribution is 6.02. The first-order valence-electron chi connectivity index (χ1n) is 6.75. The van der Waals surface area contributed by atoms with E-state index in [1.165, 1.54) is 0 Å². The van der Waals surface area contributed by atoms with E-state index >= 15 is 0 Å². The van der Waals surface area contributed by atoms with Gasteiger partial charge in [0.05, 0.1) is 13.0 Å². The average molecular weight is 275 g/mol.